The van der Waals surface area contributed by atoms with Gasteiger partial charge in [-0.25, -0.2) is 8.42 Å². The van der Waals surface area contributed by atoms with E-state index in [9.17, 15) is 8.42 Å². The number of sulfonamides is 1. The number of ether oxygens (including phenoxy) is 1. The fraction of sp³-hybridized carbons (Fsp3) is 0.364. The average Bonchev–Trinajstić information content (AvgIpc) is 3.07. The zero-order valence-electron chi connectivity index (χ0n) is 16.4. The van der Waals surface area contributed by atoms with E-state index in [2.05, 4.69) is 31.2 Å². The molecule has 0 N–H and O–H groups in total. The van der Waals surface area contributed by atoms with Crippen LogP contribution >= 0.6 is 0 Å². The second kappa shape index (κ2) is 7.97. The highest BCUT2D eigenvalue weighted by atomic mass is 32.2. The van der Waals surface area contributed by atoms with Crippen LogP contribution in [-0.4, -0.2) is 38.5 Å². The Morgan fingerprint density at radius 1 is 1.04 bits per heavy atom. The highest BCUT2D eigenvalue weighted by Crippen LogP contribution is 2.31. The van der Waals surface area contributed by atoms with Gasteiger partial charge in [0.05, 0.1) is 11.0 Å². The monoisotopic (exact) mass is 385 g/mol. The Morgan fingerprint density at radius 3 is 2.15 bits per heavy atom. The first kappa shape index (κ1) is 19.8. The summed E-state index contributed by atoms with van der Waals surface area (Å²) in [6.07, 6.45) is -0.212. The van der Waals surface area contributed by atoms with Gasteiger partial charge in [-0.15, -0.1) is 0 Å². The van der Waals surface area contributed by atoms with E-state index >= 15 is 0 Å². The van der Waals surface area contributed by atoms with Gasteiger partial charge in [-0.05, 0) is 56.5 Å². The van der Waals surface area contributed by atoms with Gasteiger partial charge in [0.1, 0.15) is 0 Å². The van der Waals surface area contributed by atoms with Crippen LogP contribution in [0.15, 0.2) is 59.0 Å². The number of rotatable bonds is 5. The molecule has 1 heterocycles. The summed E-state index contributed by atoms with van der Waals surface area (Å²) >= 11 is 0. The van der Waals surface area contributed by atoms with Crippen LogP contribution in [0.1, 0.15) is 30.5 Å². The minimum Gasteiger partial charge on any atom is -0.373 e. The van der Waals surface area contributed by atoms with Crippen molar-refractivity contribution >= 4 is 15.6 Å². The highest BCUT2D eigenvalue weighted by Gasteiger charge is 2.37. The molecule has 3 rings (SSSR count). The summed E-state index contributed by atoms with van der Waals surface area (Å²) in [5.74, 6) is 0. The van der Waals surface area contributed by atoms with Crippen molar-refractivity contribution in [3.63, 3.8) is 0 Å². The lowest BCUT2D eigenvalue weighted by molar-refractivity contribution is 0.0951. The van der Waals surface area contributed by atoms with Crippen LogP contribution in [0.5, 0.6) is 0 Å². The normalized spacial score (nSPS) is 20.1. The molecule has 27 heavy (non-hydrogen) atoms. The van der Waals surface area contributed by atoms with E-state index < -0.39 is 10.0 Å². The standard InChI is InChI=1S/C22H27NO3S/c1-5-26-22-15-23(27(24,25)20-12-8-17(3)9-13-20)14-21(22)18(4)19-10-6-16(2)7-11-19/h6-13,22H,5,14-15H2,1-4H3/b21-18+. The molecule has 5 heteroatoms. The molecule has 0 aromatic heterocycles. The number of aryl methyl sites for hydroxylation is 2. The van der Waals surface area contributed by atoms with E-state index in [0.717, 1.165) is 22.3 Å². The smallest absolute Gasteiger partial charge is 0.243 e. The van der Waals surface area contributed by atoms with Crippen molar-refractivity contribution in [2.24, 2.45) is 0 Å². The molecule has 1 unspecified atom stereocenters. The summed E-state index contributed by atoms with van der Waals surface area (Å²) in [6, 6.07) is 15.3. The number of nitrogens with zero attached hydrogens (tertiary/aromatic N) is 1. The minimum absolute atomic E-state index is 0.212. The van der Waals surface area contributed by atoms with Crippen LogP contribution in [0, 0.1) is 13.8 Å². The molecule has 1 saturated heterocycles. The average molecular weight is 386 g/mol. The Morgan fingerprint density at radius 2 is 1.59 bits per heavy atom. The fourth-order valence-corrected chi connectivity index (χ4v) is 4.82. The second-order valence-corrected chi connectivity index (χ2v) is 9.01. The zero-order valence-corrected chi connectivity index (χ0v) is 17.2. The molecule has 0 bridgehead atoms. The van der Waals surface area contributed by atoms with Crippen molar-refractivity contribution in [1.82, 2.24) is 4.31 Å². The molecule has 2 aromatic rings. The van der Waals surface area contributed by atoms with Crippen LogP contribution in [0.25, 0.3) is 5.57 Å². The van der Waals surface area contributed by atoms with Gasteiger partial charge in [-0.2, -0.15) is 4.31 Å². The predicted octanol–water partition coefficient (Wildman–Crippen LogP) is 4.19. The highest BCUT2D eigenvalue weighted by molar-refractivity contribution is 7.89. The first-order valence-corrected chi connectivity index (χ1v) is 10.7. The van der Waals surface area contributed by atoms with Crippen molar-refractivity contribution in [1.29, 1.82) is 0 Å². The van der Waals surface area contributed by atoms with E-state index in [0.29, 0.717) is 24.6 Å². The Hall–Kier alpha value is -1.95. The first-order valence-electron chi connectivity index (χ1n) is 9.28. The van der Waals surface area contributed by atoms with Crippen molar-refractivity contribution in [2.45, 2.75) is 38.7 Å². The van der Waals surface area contributed by atoms with Gasteiger partial charge in [0, 0.05) is 19.7 Å². The molecule has 1 atom stereocenters. The molecule has 0 spiro atoms. The van der Waals surface area contributed by atoms with Gasteiger partial charge < -0.3 is 4.74 Å². The summed E-state index contributed by atoms with van der Waals surface area (Å²) in [7, 11) is -3.54. The Bertz CT molecular complexity index is 929. The number of hydrogen-bond acceptors (Lipinski definition) is 3. The quantitative estimate of drug-likeness (QED) is 0.775. The Balaban J connectivity index is 1.96. The topological polar surface area (TPSA) is 46.6 Å². The molecule has 1 fully saturated rings. The first-order chi connectivity index (χ1) is 12.8. The van der Waals surface area contributed by atoms with Gasteiger partial charge in [-0.3, -0.25) is 0 Å². The summed E-state index contributed by atoms with van der Waals surface area (Å²) in [5.41, 5.74) is 5.48. The molecular weight excluding hydrogens is 358 g/mol. The minimum atomic E-state index is -3.54. The number of benzene rings is 2. The van der Waals surface area contributed by atoms with E-state index in [4.69, 9.17) is 4.74 Å². The summed E-state index contributed by atoms with van der Waals surface area (Å²) in [4.78, 5) is 0.331. The van der Waals surface area contributed by atoms with E-state index in [1.165, 1.54) is 9.87 Å². The van der Waals surface area contributed by atoms with Gasteiger partial charge in [0.15, 0.2) is 0 Å². The summed E-state index contributed by atoms with van der Waals surface area (Å²) < 4.78 is 33.6. The van der Waals surface area contributed by atoms with Gasteiger partial charge in [0.2, 0.25) is 10.0 Å². The third-order valence-corrected chi connectivity index (χ3v) is 6.92. The molecular formula is C22H27NO3S. The molecule has 144 valence electrons. The van der Waals surface area contributed by atoms with Crippen molar-refractivity contribution in [3.05, 3.63) is 70.8 Å². The zero-order chi connectivity index (χ0) is 19.6. The van der Waals surface area contributed by atoms with Crippen LogP contribution < -0.4 is 0 Å². The Kier molecular flexibility index (Phi) is 5.84. The Labute approximate surface area is 162 Å². The lowest BCUT2D eigenvalue weighted by atomic mass is 9.98. The third-order valence-electron chi connectivity index (χ3n) is 5.10. The van der Waals surface area contributed by atoms with Gasteiger partial charge in [-0.1, -0.05) is 47.5 Å². The summed E-state index contributed by atoms with van der Waals surface area (Å²) in [5, 5.41) is 0. The lowest BCUT2D eigenvalue weighted by Gasteiger charge is -2.16. The van der Waals surface area contributed by atoms with Crippen LogP contribution in [-0.2, 0) is 14.8 Å². The molecule has 0 saturated carbocycles. The molecule has 0 amide bonds. The van der Waals surface area contributed by atoms with Crippen molar-refractivity contribution in [2.75, 3.05) is 19.7 Å². The van der Waals surface area contributed by atoms with Gasteiger partial charge >= 0.3 is 0 Å². The van der Waals surface area contributed by atoms with E-state index in [1.807, 2.05) is 32.9 Å². The molecule has 1 aliphatic heterocycles. The maximum Gasteiger partial charge on any atom is 0.243 e. The van der Waals surface area contributed by atoms with Crippen molar-refractivity contribution < 1.29 is 13.2 Å². The van der Waals surface area contributed by atoms with Crippen LogP contribution in [0.2, 0.25) is 0 Å². The second-order valence-electron chi connectivity index (χ2n) is 7.07. The number of allylic oxidation sites excluding steroid dienone is 1. The largest absolute Gasteiger partial charge is 0.373 e. The molecule has 2 aromatic carbocycles. The number of hydrogen-bond donors (Lipinski definition) is 0. The summed E-state index contributed by atoms with van der Waals surface area (Å²) in [6.45, 7) is 9.25. The van der Waals surface area contributed by atoms with E-state index in [-0.39, 0.29) is 6.10 Å². The maximum atomic E-state index is 13.1. The third kappa shape index (κ3) is 4.15. The van der Waals surface area contributed by atoms with Crippen LogP contribution in [0.4, 0.5) is 0 Å². The molecule has 0 aliphatic carbocycles. The van der Waals surface area contributed by atoms with Gasteiger partial charge in [0.25, 0.3) is 0 Å². The molecule has 4 nitrogen and oxygen atoms in total. The van der Waals surface area contributed by atoms with Crippen LogP contribution in [0.3, 0.4) is 0 Å². The lowest BCUT2D eigenvalue weighted by Crippen LogP contribution is -2.30. The van der Waals surface area contributed by atoms with Crippen molar-refractivity contribution in [3.8, 4) is 0 Å². The predicted molar refractivity (Wildman–Crippen MR) is 109 cm³/mol. The SMILES string of the molecule is CCOC1CN(S(=O)(=O)c2ccc(C)cc2)C/C1=C(/C)c1ccc(C)cc1. The van der Waals surface area contributed by atoms with E-state index in [1.54, 1.807) is 12.1 Å². The molecule has 1 aliphatic rings. The maximum absolute atomic E-state index is 13.1. The molecule has 0 radical (unpaired) electrons. The fourth-order valence-electron chi connectivity index (χ4n) is 3.40.